The zero-order chi connectivity index (χ0) is 23.7. The van der Waals surface area contributed by atoms with Gasteiger partial charge in [0, 0.05) is 31.5 Å². The summed E-state index contributed by atoms with van der Waals surface area (Å²) in [5.74, 6) is -1.43. The number of carboxylic acids is 1. The molecule has 2 aromatic carbocycles. The smallest absolute Gasteiger partial charge is 0.407 e. The predicted molar refractivity (Wildman–Crippen MR) is 123 cm³/mol. The minimum Gasteiger partial charge on any atom is -0.479 e. The lowest BCUT2D eigenvalue weighted by molar-refractivity contribution is -0.149. The SMILES string of the molecule is O=C(NCC1(C(=O)NC[C@@H]2CCO[C@@H]2C(=O)O)CC1)OCC1c2ccccc2-c2ccccc21. The molecule has 178 valence electrons. The molecular weight excluding hydrogens is 436 g/mol. The summed E-state index contributed by atoms with van der Waals surface area (Å²) in [4.78, 5) is 36.4. The zero-order valence-electron chi connectivity index (χ0n) is 18.8. The number of ether oxygens (including phenoxy) is 2. The maximum absolute atomic E-state index is 12.7. The van der Waals surface area contributed by atoms with Crippen molar-refractivity contribution in [1.82, 2.24) is 10.6 Å². The summed E-state index contributed by atoms with van der Waals surface area (Å²) in [6.07, 6.45) is 0.519. The molecule has 0 unspecified atom stereocenters. The van der Waals surface area contributed by atoms with Crippen LogP contribution < -0.4 is 10.6 Å². The lowest BCUT2D eigenvalue weighted by Gasteiger charge is -2.20. The molecular formula is C26H28N2O6. The molecule has 8 heteroatoms. The molecule has 34 heavy (non-hydrogen) atoms. The molecule has 1 aliphatic heterocycles. The number of benzene rings is 2. The van der Waals surface area contributed by atoms with Gasteiger partial charge in [-0.3, -0.25) is 4.79 Å². The van der Waals surface area contributed by atoms with Gasteiger partial charge in [-0.15, -0.1) is 0 Å². The van der Waals surface area contributed by atoms with Gasteiger partial charge in [0.15, 0.2) is 6.10 Å². The highest BCUT2D eigenvalue weighted by Gasteiger charge is 2.50. The van der Waals surface area contributed by atoms with Gasteiger partial charge in [-0.2, -0.15) is 0 Å². The number of rotatable bonds is 8. The Labute approximate surface area is 197 Å². The van der Waals surface area contributed by atoms with Gasteiger partial charge in [0.1, 0.15) is 6.61 Å². The summed E-state index contributed by atoms with van der Waals surface area (Å²) in [5, 5.41) is 14.8. The molecule has 2 fully saturated rings. The van der Waals surface area contributed by atoms with Crippen LogP contribution in [0.3, 0.4) is 0 Å². The Kier molecular flexibility index (Phi) is 6.00. The second-order valence-electron chi connectivity index (χ2n) is 9.35. The number of carbonyl (C=O) groups excluding carboxylic acids is 2. The van der Waals surface area contributed by atoms with Crippen LogP contribution in [0.15, 0.2) is 48.5 Å². The third-order valence-corrected chi connectivity index (χ3v) is 7.23. The van der Waals surface area contributed by atoms with E-state index in [2.05, 4.69) is 34.9 Å². The van der Waals surface area contributed by atoms with E-state index < -0.39 is 23.6 Å². The molecule has 2 atom stereocenters. The van der Waals surface area contributed by atoms with Crippen LogP contribution in [0, 0.1) is 11.3 Å². The maximum atomic E-state index is 12.7. The van der Waals surface area contributed by atoms with Crippen LogP contribution in [-0.2, 0) is 19.1 Å². The second-order valence-corrected chi connectivity index (χ2v) is 9.35. The number of carboxylic acid groups (broad SMARTS) is 1. The summed E-state index contributed by atoms with van der Waals surface area (Å²) in [7, 11) is 0. The van der Waals surface area contributed by atoms with Crippen LogP contribution in [0.2, 0.25) is 0 Å². The normalized spacial score (nSPS) is 21.9. The number of hydrogen-bond donors (Lipinski definition) is 3. The Bertz CT molecular complexity index is 1070. The van der Waals surface area contributed by atoms with Gasteiger partial charge in [0.2, 0.25) is 5.91 Å². The van der Waals surface area contributed by atoms with Crippen molar-refractivity contribution in [2.75, 3.05) is 26.3 Å². The van der Waals surface area contributed by atoms with E-state index in [1.807, 2.05) is 24.3 Å². The van der Waals surface area contributed by atoms with Gasteiger partial charge in [-0.1, -0.05) is 48.5 Å². The topological polar surface area (TPSA) is 114 Å². The van der Waals surface area contributed by atoms with E-state index in [0.717, 1.165) is 11.1 Å². The molecule has 0 aromatic heterocycles. The summed E-state index contributed by atoms with van der Waals surface area (Å²) < 4.78 is 10.8. The first-order valence-corrected chi connectivity index (χ1v) is 11.7. The molecule has 2 aromatic rings. The van der Waals surface area contributed by atoms with Crippen molar-refractivity contribution in [3.8, 4) is 11.1 Å². The fourth-order valence-electron chi connectivity index (χ4n) is 5.05. The zero-order valence-corrected chi connectivity index (χ0v) is 18.8. The fraction of sp³-hybridized carbons (Fsp3) is 0.423. The van der Waals surface area contributed by atoms with Crippen LogP contribution in [0.1, 0.15) is 36.3 Å². The van der Waals surface area contributed by atoms with E-state index in [0.29, 0.717) is 25.9 Å². The first kappa shape index (κ1) is 22.4. The van der Waals surface area contributed by atoms with Crippen molar-refractivity contribution in [3.05, 3.63) is 59.7 Å². The fourth-order valence-corrected chi connectivity index (χ4v) is 5.05. The van der Waals surface area contributed by atoms with Gasteiger partial charge >= 0.3 is 12.1 Å². The first-order valence-electron chi connectivity index (χ1n) is 11.7. The van der Waals surface area contributed by atoms with E-state index >= 15 is 0 Å². The predicted octanol–water partition coefficient (Wildman–Crippen LogP) is 2.91. The lowest BCUT2D eigenvalue weighted by atomic mass is 9.98. The molecule has 1 heterocycles. The van der Waals surface area contributed by atoms with E-state index in [-0.39, 0.29) is 37.4 Å². The molecule has 0 spiro atoms. The molecule has 5 rings (SSSR count). The van der Waals surface area contributed by atoms with Crippen molar-refractivity contribution in [2.24, 2.45) is 11.3 Å². The van der Waals surface area contributed by atoms with Crippen molar-refractivity contribution in [1.29, 1.82) is 0 Å². The highest BCUT2D eigenvalue weighted by atomic mass is 16.5. The van der Waals surface area contributed by atoms with Crippen LogP contribution in [0.4, 0.5) is 4.79 Å². The maximum Gasteiger partial charge on any atom is 0.407 e. The summed E-state index contributed by atoms with van der Waals surface area (Å²) >= 11 is 0. The molecule has 0 radical (unpaired) electrons. The number of carbonyl (C=O) groups is 3. The highest BCUT2D eigenvalue weighted by molar-refractivity contribution is 5.86. The van der Waals surface area contributed by atoms with E-state index in [4.69, 9.17) is 9.47 Å². The van der Waals surface area contributed by atoms with Crippen molar-refractivity contribution in [2.45, 2.75) is 31.3 Å². The number of alkyl carbamates (subject to hydrolysis) is 1. The highest BCUT2D eigenvalue weighted by Crippen LogP contribution is 2.46. The summed E-state index contributed by atoms with van der Waals surface area (Å²) in [6.45, 7) is 1.05. The third-order valence-electron chi connectivity index (χ3n) is 7.23. The Balaban J connectivity index is 1.12. The first-order chi connectivity index (χ1) is 16.5. The van der Waals surface area contributed by atoms with E-state index in [1.165, 1.54) is 11.1 Å². The molecule has 1 saturated carbocycles. The average Bonchev–Trinajstić information content (AvgIpc) is 3.37. The molecule has 3 N–H and O–H groups in total. The van der Waals surface area contributed by atoms with Gasteiger partial charge < -0.3 is 25.2 Å². The van der Waals surface area contributed by atoms with Crippen molar-refractivity contribution in [3.63, 3.8) is 0 Å². The Hall–Kier alpha value is -3.39. The van der Waals surface area contributed by atoms with Gasteiger partial charge in [0.05, 0.1) is 5.41 Å². The number of aliphatic carboxylic acids is 1. The molecule has 1 saturated heterocycles. The van der Waals surface area contributed by atoms with Gasteiger partial charge in [-0.25, -0.2) is 9.59 Å². The average molecular weight is 465 g/mol. The van der Waals surface area contributed by atoms with E-state index in [9.17, 15) is 19.5 Å². The quantitative estimate of drug-likeness (QED) is 0.554. The van der Waals surface area contributed by atoms with Gasteiger partial charge in [-0.05, 0) is 41.5 Å². The summed E-state index contributed by atoms with van der Waals surface area (Å²) in [6, 6.07) is 16.3. The minimum atomic E-state index is -1.00. The number of nitrogens with one attached hydrogen (secondary N) is 2. The molecule has 0 bridgehead atoms. The van der Waals surface area contributed by atoms with Crippen LogP contribution in [-0.4, -0.2) is 55.5 Å². The Morgan fingerprint density at radius 1 is 1.00 bits per heavy atom. The molecule has 2 amide bonds. The van der Waals surface area contributed by atoms with Crippen LogP contribution >= 0.6 is 0 Å². The number of hydrogen-bond acceptors (Lipinski definition) is 5. The summed E-state index contributed by atoms with van der Waals surface area (Å²) in [5.41, 5.74) is 3.97. The third kappa shape index (κ3) is 4.25. The van der Waals surface area contributed by atoms with Gasteiger partial charge in [0.25, 0.3) is 0 Å². The van der Waals surface area contributed by atoms with E-state index in [1.54, 1.807) is 0 Å². The monoisotopic (exact) mass is 464 g/mol. The Morgan fingerprint density at radius 2 is 1.65 bits per heavy atom. The standard InChI is InChI=1S/C26H28N2O6/c29-23(30)22-16(9-12-33-22)13-27-24(31)26(10-11-26)15-28-25(32)34-14-21-19-7-3-1-5-17(19)18-6-2-4-8-20(18)21/h1-8,16,21-22H,9-15H2,(H,27,31)(H,28,32)(H,29,30)/t16-,22-/m0/s1. The van der Waals surface area contributed by atoms with Crippen LogP contribution in [0.25, 0.3) is 11.1 Å². The lowest BCUT2D eigenvalue weighted by Crippen LogP contribution is -2.43. The number of amides is 2. The molecule has 3 aliphatic rings. The van der Waals surface area contributed by atoms with Crippen molar-refractivity contribution >= 4 is 18.0 Å². The largest absolute Gasteiger partial charge is 0.479 e. The number of fused-ring (bicyclic) bond motifs is 3. The molecule has 2 aliphatic carbocycles. The second kappa shape index (κ2) is 9.10. The van der Waals surface area contributed by atoms with Crippen molar-refractivity contribution < 1.29 is 29.0 Å². The Morgan fingerprint density at radius 3 is 2.26 bits per heavy atom. The minimum absolute atomic E-state index is 0.0212. The van der Waals surface area contributed by atoms with Crippen LogP contribution in [0.5, 0.6) is 0 Å². The molecule has 8 nitrogen and oxygen atoms in total.